The largest absolute Gasteiger partial charge is 0.303 e. The Balaban J connectivity index is 1.43. The highest BCUT2D eigenvalue weighted by atomic mass is 35.5. The zero-order valence-electron chi connectivity index (χ0n) is 20.0. The Morgan fingerprint density at radius 1 is 0.889 bits per heavy atom. The fourth-order valence-electron chi connectivity index (χ4n) is 5.03. The Morgan fingerprint density at radius 2 is 1.61 bits per heavy atom. The van der Waals surface area contributed by atoms with Crippen molar-refractivity contribution in [1.82, 2.24) is 14.7 Å². The summed E-state index contributed by atoms with van der Waals surface area (Å²) < 4.78 is 15.1. The highest BCUT2D eigenvalue weighted by Crippen LogP contribution is 2.30. The summed E-state index contributed by atoms with van der Waals surface area (Å²) in [7, 11) is 0. The number of halogens is 3. The molecule has 1 aromatic heterocycles. The van der Waals surface area contributed by atoms with Crippen LogP contribution in [0.4, 0.5) is 4.39 Å². The van der Waals surface area contributed by atoms with Gasteiger partial charge in [0.15, 0.2) is 0 Å². The second-order valence-electron chi connectivity index (χ2n) is 9.47. The van der Waals surface area contributed by atoms with Crippen molar-refractivity contribution >= 4 is 34.0 Å². The van der Waals surface area contributed by atoms with E-state index < -0.39 is 0 Å². The van der Waals surface area contributed by atoms with Crippen LogP contribution in [0.2, 0.25) is 10.0 Å². The Kier molecular flexibility index (Phi) is 7.70. The molecule has 1 fully saturated rings. The lowest BCUT2D eigenvalue weighted by Gasteiger charge is -2.21. The summed E-state index contributed by atoms with van der Waals surface area (Å²) >= 11 is 12.6. The van der Waals surface area contributed by atoms with Crippen LogP contribution in [0.5, 0.6) is 0 Å². The van der Waals surface area contributed by atoms with Crippen molar-refractivity contribution in [2.45, 2.75) is 38.1 Å². The minimum absolute atomic E-state index is 0.00467. The second-order valence-corrected chi connectivity index (χ2v) is 10.3. The van der Waals surface area contributed by atoms with Gasteiger partial charge in [0.25, 0.3) is 5.56 Å². The standard InChI is InChI=1S/C29H28Cl2FN3O/c30-26-18-24-25(19-27(26)31)29(36)35(33-28(24)17-21-8-10-22(32)11-9-21)23-7-4-14-34(16-13-23)15-12-20-5-2-1-3-6-20/h1-3,5-6,8-11,18-19,23H,4,7,12-17H2. The monoisotopic (exact) mass is 523 g/mol. The molecule has 3 aromatic carbocycles. The zero-order valence-corrected chi connectivity index (χ0v) is 21.5. The van der Waals surface area contributed by atoms with Gasteiger partial charge in [0.05, 0.1) is 27.2 Å². The molecule has 0 radical (unpaired) electrons. The third kappa shape index (κ3) is 5.64. The molecule has 2 heterocycles. The first kappa shape index (κ1) is 24.9. The van der Waals surface area contributed by atoms with E-state index in [1.807, 2.05) is 6.07 Å². The lowest BCUT2D eigenvalue weighted by molar-refractivity contribution is 0.281. The van der Waals surface area contributed by atoms with Crippen LogP contribution in [0.25, 0.3) is 10.8 Å². The normalized spacial score (nSPS) is 16.8. The maximum atomic E-state index is 13.6. The van der Waals surface area contributed by atoms with Gasteiger partial charge in [0.2, 0.25) is 0 Å². The van der Waals surface area contributed by atoms with Crippen LogP contribution in [0.15, 0.2) is 71.5 Å². The Bertz CT molecular complexity index is 1410. The number of hydrogen-bond acceptors (Lipinski definition) is 3. The van der Waals surface area contributed by atoms with Crippen LogP contribution in [0, 0.1) is 5.82 Å². The molecule has 0 N–H and O–H groups in total. The van der Waals surface area contributed by atoms with Crippen molar-refractivity contribution in [2.24, 2.45) is 0 Å². The first-order valence-electron chi connectivity index (χ1n) is 12.4. The molecule has 4 aromatic rings. The van der Waals surface area contributed by atoms with Gasteiger partial charge in [-0.15, -0.1) is 0 Å². The summed E-state index contributed by atoms with van der Waals surface area (Å²) in [6, 6.07) is 20.3. The molecule has 1 unspecified atom stereocenters. The van der Waals surface area contributed by atoms with Gasteiger partial charge in [-0.05, 0) is 67.6 Å². The van der Waals surface area contributed by atoms with Crippen molar-refractivity contribution in [3.05, 3.63) is 110 Å². The van der Waals surface area contributed by atoms with Crippen molar-refractivity contribution < 1.29 is 4.39 Å². The van der Waals surface area contributed by atoms with Gasteiger partial charge in [-0.1, -0.05) is 65.7 Å². The number of fused-ring (bicyclic) bond motifs is 1. The molecule has 1 atom stereocenters. The molecule has 1 saturated heterocycles. The Morgan fingerprint density at radius 3 is 2.36 bits per heavy atom. The zero-order chi connectivity index (χ0) is 25.1. The number of nitrogens with zero attached hydrogens (tertiary/aromatic N) is 3. The molecule has 1 aliphatic heterocycles. The fourth-order valence-corrected chi connectivity index (χ4v) is 5.35. The summed E-state index contributed by atoms with van der Waals surface area (Å²) in [5.41, 5.74) is 2.84. The van der Waals surface area contributed by atoms with Gasteiger partial charge < -0.3 is 4.90 Å². The number of rotatable bonds is 6. The summed E-state index contributed by atoms with van der Waals surface area (Å²) in [5.74, 6) is -0.286. The van der Waals surface area contributed by atoms with Crippen molar-refractivity contribution in [3.63, 3.8) is 0 Å². The molecule has 36 heavy (non-hydrogen) atoms. The van der Waals surface area contributed by atoms with E-state index >= 15 is 0 Å². The first-order chi connectivity index (χ1) is 17.5. The third-order valence-corrected chi connectivity index (χ3v) is 7.74. The van der Waals surface area contributed by atoms with E-state index in [2.05, 4.69) is 29.2 Å². The topological polar surface area (TPSA) is 38.1 Å². The van der Waals surface area contributed by atoms with Crippen LogP contribution >= 0.6 is 23.2 Å². The van der Waals surface area contributed by atoms with E-state index in [0.717, 1.165) is 56.6 Å². The van der Waals surface area contributed by atoms with Gasteiger partial charge in [-0.2, -0.15) is 5.10 Å². The van der Waals surface area contributed by atoms with Crippen LogP contribution in [0.1, 0.15) is 42.1 Å². The summed E-state index contributed by atoms with van der Waals surface area (Å²) in [6.07, 6.45) is 4.22. The Labute approximate surface area is 220 Å². The lowest BCUT2D eigenvalue weighted by atomic mass is 10.0. The number of likely N-dealkylation sites (tertiary alicyclic amines) is 1. The lowest BCUT2D eigenvalue weighted by Crippen LogP contribution is -2.30. The summed E-state index contributed by atoms with van der Waals surface area (Å²) in [6.45, 7) is 2.93. The van der Waals surface area contributed by atoms with Gasteiger partial charge in [0, 0.05) is 24.9 Å². The highest BCUT2D eigenvalue weighted by Gasteiger charge is 2.23. The average Bonchev–Trinajstić information content (AvgIpc) is 3.13. The molecule has 4 nitrogen and oxygen atoms in total. The smallest absolute Gasteiger partial charge is 0.274 e. The number of hydrogen-bond donors (Lipinski definition) is 0. The van der Waals surface area contributed by atoms with E-state index in [0.29, 0.717) is 27.2 Å². The van der Waals surface area contributed by atoms with Crippen LogP contribution in [-0.4, -0.2) is 34.3 Å². The number of benzene rings is 3. The molecule has 7 heteroatoms. The summed E-state index contributed by atoms with van der Waals surface area (Å²) in [5, 5.41) is 6.79. The highest BCUT2D eigenvalue weighted by molar-refractivity contribution is 6.42. The Hall–Kier alpha value is -2.73. The average molecular weight is 524 g/mol. The molecule has 1 aliphatic rings. The molecule has 0 aliphatic carbocycles. The molecular formula is C29H28Cl2FN3O. The summed E-state index contributed by atoms with van der Waals surface area (Å²) in [4.78, 5) is 16.1. The van der Waals surface area contributed by atoms with Gasteiger partial charge in [-0.25, -0.2) is 9.07 Å². The quantitative estimate of drug-likeness (QED) is 0.282. The SMILES string of the molecule is O=c1c2cc(Cl)c(Cl)cc2c(Cc2ccc(F)cc2)nn1C1CCCN(CCc2ccccc2)CC1. The fraction of sp³-hybridized carbons (Fsp3) is 0.310. The van der Waals surface area contributed by atoms with Gasteiger partial charge in [0.1, 0.15) is 5.82 Å². The van der Waals surface area contributed by atoms with E-state index in [4.69, 9.17) is 28.3 Å². The van der Waals surface area contributed by atoms with E-state index in [1.54, 1.807) is 28.9 Å². The number of aromatic nitrogens is 2. The third-order valence-electron chi connectivity index (χ3n) is 7.02. The van der Waals surface area contributed by atoms with Crippen molar-refractivity contribution in [1.29, 1.82) is 0 Å². The predicted octanol–water partition coefficient (Wildman–Crippen LogP) is 6.70. The van der Waals surface area contributed by atoms with E-state index in [1.165, 1.54) is 17.7 Å². The van der Waals surface area contributed by atoms with Crippen LogP contribution in [0.3, 0.4) is 0 Å². The van der Waals surface area contributed by atoms with Gasteiger partial charge in [-0.3, -0.25) is 4.79 Å². The molecule has 0 spiro atoms. The minimum Gasteiger partial charge on any atom is -0.303 e. The van der Waals surface area contributed by atoms with Crippen LogP contribution < -0.4 is 5.56 Å². The van der Waals surface area contributed by atoms with Crippen molar-refractivity contribution in [2.75, 3.05) is 19.6 Å². The molecule has 0 bridgehead atoms. The first-order valence-corrected chi connectivity index (χ1v) is 13.1. The van der Waals surface area contributed by atoms with E-state index in [-0.39, 0.29) is 17.4 Å². The predicted molar refractivity (Wildman–Crippen MR) is 145 cm³/mol. The molecular weight excluding hydrogens is 496 g/mol. The van der Waals surface area contributed by atoms with Crippen LogP contribution in [-0.2, 0) is 12.8 Å². The second kappa shape index (κ2) is 11.1. The molecule has 0 amide bonds. The minimum atomic E-state index is -0.286. The van der Waals surface area contributed by atoms with Crippen molar-refractivity contribution in [3.8, 4) is 0 Å². The molecule has 5 rings (SSSR count). The molecule has 186 valence electrons. The van der Waals surface area contributed by atoms with E-state index in [9.17, 15) is 9.18 Å². The molecule has 0 saturated carbocycles. The maximum Gasteiger partial charge on any atom is 0.274 e. The van der Waals surface area contributed by atoms with Gasteiger partial charge >= 0.3 is 0 Å². The maximum absolute atomic E-state index is 13.6.